The summed E-state index contributed by atoms with van der Waals surface area (Å²) in [6.07, 6.45) is 0. The van der Waals surface area contributed by atoms with E-state index in [2.05, 4.69) is 5.32 Å². The van der Waals surface area contributed by atoms with E-state index in [0.29, 0.717) is 32.6 Å². The van der Waals surface area contributed by atoms with Crippen LogP contribution < -0.4 is 15.0 Å². The highest BCUT2D eigenvalue weighted by atomic mass is 35.5. The summed E-state index contributed by atoms with van der Waals surface area (Å²) in [5, 5.41) is 5.30. The van der Waals surface area contributed by atoms with E-state index < -0.39 is 11.8 Å². The number of halogens is 1. The Morgan fingerprint density at radius 2 is 1.71 bits per heavy atom. The van der Waals surface area contributed by atoms with Crippen LogP contribution in [-0.2, 0) is 9.59 Å². The Balaban J connectivity index is 1.78. The zero-order valence-corrected chi connectivity index (χ0v) is 16.4. The molecule has 1 aliphatic rings. The summed E-state index contributed by atoms with van der Waals surface area (Å²) in [6, 6.07) is 17.6. The van der Waals surface area contributed by atoms with Gasteiger partial charge in [-0.3, -0.25) is 9.59 Å². The maximum atomic E-state index is 13.2. The molecule has 2 amide bonds. The van der Waals surface area contributed by atoms with Gasteiger partial charge in [-0.15, -0.1) is 11.3 Å². The number of para-hydroxylation sites is 1. The van der Waals surface area contributed by atoms with Crippen molar-refractivity contribution < 1.29 is 14.3 Å². The summed E-state index contributed by atoms with van der Waals surface area (Å²) in [5.41, 5.74) is 1.58. The van der Waals surface area contributed by atoms with Gasteiger partial charge < -0.3 is 10.1 Å². The SMILES string of the molecule is COc1ccc(NC2=C(c3cccs3)C(=O)N(c3ccccc3Cl)C2=O)cc1. The van der Waals surface area contributed by atoms with Crippen LogP contribution in [0.3, 0.4) is 0 Å². The number of benzene rings is 2. The van der Waals surface area contributed by atoms with Gasteiger partial charge in [0.05, 0.1) is 23.4 Å². The normalized spacial score (nSPS) is 14.0. The van der Waals surface area contributed by atoms with Crippen molar-refractivity contribution >= 4 is 51.7 Å². The van der Waals surface area contributed by atoms with Gasteiger partial charge in [0.25, 0.3) is 11.8 Å². The van der Waals surface area contributed by atoms with Gasteiger partial charge in [0, 0.05) is 10.6 Å². The standard InChI is InChI=1S/C21H15ClN2O3S/c1-27-14-10-8-13(9-11-14)23-19-18(17-7-4-12-28-17)20(25)24(21(19)26)16-6-3-2-5-15(16)22/h2-12,23H,1H3. The number of carbonyl (C=O) groups excluding carboxylic acids is 2. The molecule has 0 fully saturated rings. The van der Waals surface area contributed by atoms with Crippen LogP contribution >= 0.6 is 22.9 Å². The highest BCUT2D eigenvalue weighted by Crippen LogP contribution is 2.37. The molecule has 0 atom stereocenters. The van der Waals surface area contributed by atoms with Crippen molar-refractivity contribution in [3.05, 3.63) is 81.6 Å². The second kappa shape index (κ2) is 7.50. The highest BCUT2D eigenvalue weighted by Gasteiger charge is 2.41. The molecule has 5 nitrogen and oxygen atoms in total. The number of carbonyl (C=O) groups is 2. The number of nitrogens with one attached hydrogen (secondary N) is 1. The molecule has 7 heteroatoms. The third kappa shape index (κ3) is 3.17. The van der Waals surface area contributed by atoms with E-state index in [4.69, 9.17) is 16.3 Å². The topological polar surface area (TPSA) is 58.6 Å². The third-order valence-electron chi connectivity index (χ3n) is 4.30. The number of imide groups is 1. The molecule has 3 aromatic rings. The van der Waals surface area contributed by atoms with Crippen LogP contribution in [0.5, 0.6) is 5.75 Å². The average molecular weight is 411 g/mol. The van der Waals surface area contributed by atoms with Crippen LogP contribution in [-0.4, -0.2) is 18.9 Å². The fraction of sp³-hybridized carbons (Fsp3) is 0.0476. The number of rotatable bonds is 5. The van der Waals surface area contributed by atoms with Gasteiger partial charge in [0.15, 0.2) is 0 Å². The molecule has 1 N–H and O–H groups in total. The van der Waals surface area contributed by atoms with Crippen molar-refractivity contribution in [3.63, 3.8) is 0 Å². The predicted octanol–water partition coefficient (Wildman–Crippen LogP) is 4.81. The first-order valence-electron chi connectivity index (χ1n) is 8.42. The van der Waals surface area contributed by atoms with Crippen molar-refractivity contribution in [2.45, 2.75) is 0 Å². The molecular weight excluding hydrogens is 396 g/mol. The lowest BCUT2D eigenvalue weighted by Gasteiger charge is -2.16. The molecule has 0 aliphatic carbocycles. The lowest BCUT2D eigenvalue weighted by atomic mass is 10.2. The van der Waals surface area contributed by atoms with Gasteiger partial charge in [0.1, 0.15) is 11.4 Å². The molecule has 28 heavy (non-hydrogen) atoms. The van der Waals surface area contributed by atoms with E-state index in [1.54, 1.807) is 55.6 Å². The molecule has 0 saturated carbocycles. The Morgan fingerprint density at radius 1 is 0.964 bits per heavy atom. The fourth-order valence-corrected chi connectivity index (χ4v) is 3.95. The monoisotopic (exact) mass is 410 g/mol. The third-order valence-corrected chi connectivity index (χ3v) is 5.51. The number of nitrogens with zero attached hydrogens (tertiary/aromatic N) is 1. The Bertz CT molecular complexity index is 1080. The van der Waals surface area contributed by atoms with Gasteiger partial charge in [0.2, 0.25) is 0 Å². The van der Waals surface area contributed by atoms with Gasteiger partial charge >= 0.3 is 0 Å². The first-order chi connectivity index (χ1) is 13.6. The second-order valence-corrected chi connectivity index (χ2v) is 7.33. The molecule has 140 valence electrons. The molecule has 1 aliphatic heterocycles. The van der Waals surface area contributed by atoms with E-state index in [1.807, 2.05) is 17.5 Å². The lowest BCUT2D eigenvalue weighted by Crippen LogP contribution is -2.32. The van der Waals surface area contributed by atoms with Crippen LogP contribution in [0.15, 0.2) is 71.7 Å². The van der Waals surface area contributed by atoms with Crippen LogP contribution in [0.4, 0.5) is 11.4 Å². The Kier molecular flexibility index (Phi) is 4.90. The largest absolute Gasteiger partial charge is 0.497 e. The summed E-state index contributed by atoms with van der Waals surface area (Å²) >= 11 is 7.65. The van der Waals surface area contributed by atoms with Crippen molar-refractivity contribution in [3.8, 4) is 5.75 Å². The molecule has 4 rings (SSSR count). The van der Waals surface area contributed by atoms with Gasteiger partial charge in [-0.2, -0.15) is 0 Å². The molecule has 2 aromatic carbocycles. The van der Waals surface area contributed by atoms with Crippen molar-refractivity contribution in [1.82, 2.24) is 0 Å². The van der Waals surface area contributed by atoms with Crippen molar-refractivity contribution in [2.24, 2.45) is 0 Å². The summed E-state index contributed by atoms with van der Waals surface area (Å²) in [4.78, 5) is 28.2. The van der Waals surface area contributed by atoms with E-state index in [0.717, 1.165) is 4.90 Å². The molecular formula is C21H15ClN2O3S. The molecule has 0 spiro atoms. The predicted molar refractivity (Wildman–Crippen MR) is 112 cm³/mol. The smallest absolute Gasteiger partial charge is 0.282 e. The van der Waals surface area contributed by atoms with Crippen molar-refractivity contribution in [1.29, 1.82) is 0 Å². The molecule has 0 saturated heterocycles. The summed E-state index contributed by atoms with van der Waals surface area (Å²) in [7, 11) is 1.58. The summed E-state index contributed by atoms with van der Waals surface area (Å²) < 4.78 is 5.16. The van der Waals surface area contributed by atoms with Crippen LogP contribution in [0.25, 0.3) is 5.57 Å². The number of anilines is 2. The molecule has 0 unspecified atom stereocenters. The van der Waals surface area contributed by atoms with Gasteiger partial charge in [-0.25, -0.2) is 4.90 Å². The molecule has 0 bridgehead atoms. The zero-order valence-electron chi connectivity index (χ0n) is 14.8. The number of hydrogen-bond acceptors (Lipinski definition) is 5. The van der Waals surface area contributed by atoms with Crippen LogP contribution in [0.1, 0.15) is 4.88 Å². The summed E-state index contributed by atoms with van der Waals surface area (Å²) in [5.74, 6) is -0.154. The number of amides is 2. The number of methoxy groups -OCH3 is 1. The maximum absolute atomic E-state index is 13.2. The molecule has 0 radical (unpaired) electrons. The summed E-state index contributed by atoms with van der Waals surface area (Å²) in [6.45, 7) is 0. The average Bonchev–Trinajstić information content (AvgIpc) is 3.31. The minimum Gasteiger partial charge on any atom is -0.497 e. The second-order valence-electron chi connectivity index (χ2n) is 5.98. The number of hydrogen-bond donors (Lipinski definition) is 1. The molecule has 2 heterocycles. The van der Waals surface area contributed by atoms with E-state index >= 15 is 0 Å². The maximum Gasteiger partial charge on any atom is 0.282 e. The Labute approximate surface area is 170 Å². The van der Waals surface area contributed by atoms with Crippen LogP contribution in [0.2, 0.25) is 5.02 Å². The van der Waals surface area contributed by atoms with Crippen LogP contribution in [0, 0.1) is 0 Å². The first kappa shape index (κ1) is 18.3. The minimum absolute atomic E-state index is 0.220. The quantitative estimate of drug-likeness (QED) is 0.613. The fourth-order valence-electron chi connectivity index (χ4n) is 2.97. The van der Waals surface area contributed by atoms with Crippen molar-refractivity contribution in [2.75, 3.05) is 17.3 Å². The zero-order chi connectivity index (χ0) is 19.7. The van der Waals surface area contributed by atoms with E-state index in [-0.39, 0.29) is 5.70 Å². The number of thiophene rings is 1. The van der Waals surface area contributed by atoms with E-state index in [1.165, 1.54) is 11.3 Å². The minimum atomic E-state index is -0.447. The molecule has 1 aromatic heterocycles. The number of ether oxygens (including phenoxy) is 1. The highest BCUT2D eigenvalue weighted by molar-refractivity contribution is 7.11. The Morgan fingerprint density at radius 3 is 2.36 bits per heavy atom. The Hall–Kier alpha value is -3.09. The lowest BCUT2D eigenvalue weighted by molar-refractivity contribution is -0.120. The van der Waals surface area contributed by atoms with E-state index in [9.17, 15) is 9.59 Å². The first-order valence-corrected chi connectivity index (χ1v) is 9.68. The van der Waals surface area contributed by atoms with Gasteiger partial charge in [-0.05, 0) is 47.8 Å². The van der Waals surface area contributed by atoms with Gasteiger partial charge in [-0.1, -0.05) is 29.8 Å².